The predicted octanol–water partition coefficient (Wildman–Crippen LogP) is 5.33. The van der Waals surface area contributed by atoms with Gasteiger partial charge in [0.1, 0.15) is 11.3 Å². The maximum atomic E-state index is 10.0. The van der Waals surface area contributed by atoms with Gasteiger partial charge in [0.2, 0.25) is 5.88 Å². The van der Waals surface area contributed by atoms with Gasteiger partial charge in [-0.25, -0.2) is 4.98 Å². The van der Waals surface area contributed by atoms with E-state index >= 15 is 0 Å². The van der Waals surface area contributed by atoms with E-state index in [1.165, 1.54) is 25.7 Å². The second-order valence-electron chi connectivity index (χ2n) is 6.97. The van der Waals surface area contributed by atoms with Crippen LogP contribution in [0.25, 0.3) is 10.9 Å². The average Bonchev–Trinajstić information content (AvgIpc) is 3.13. The summed E-state index contributed by atoms with van der Waals surface area (Å²) in [7, 11) is 0. The molecule has 2 heterocycles. The largest absolute Gasteiger partial charge is 0.506 e. The molecule has 0 spiro atoms. The van der Waals surface area contributed by atoms with E-state index in [2.05, 4.69) is 11.1 Å². The smallest absolute Gasteiger partial charge is 0.217 e. The molecule has 1 N–H and O–H groups in total. The van der Waals surface area contributed by atoms with Crippen molar-refractivity contribution >= 4 is 27.7 Å². The molecule has 1 unspecified atom stereocenters. The van der Waals surface area contributed by atoms with Gasteiger partial charge in [-0.05, 0) is 25.0 Å². The van der Waals surface area contributed by atoms with Gasteiger partial charge in [-0.15, -0.1) is 23.8 Å². The summed E-state index contributed by atoms with van der Waals surface area (Å²) in [4.78, 5) is 9.35. The first-order chi connectivity index (χ1) is 13.3. The quantitative estimate of drug-likeness (QED) is 0.433. The van der Waals surface area contributed by atoms with E-state index in [0.717, 1.165) is 16.0 Å². The summed E-state index contributed by atoms with van der Waals surface area (Å²) in [6, 6.07) is 18.7. The van der Waals surface area contributed by atoms with E-state index < -0.39 is 0 Å². The van der Waals surface area contributed by atoms with Crippen molar-refractivity contribution in [3.05, 3.63) is 60.2 Å². The Hall–Kier alpha value is -1.84. The van der Waals surface area contributed by atoms with Gasteiger partial charge in [-0.1, -0.05) is 31.0 Å². The van der Waals surface area contributed by atoms with Crippen LogP contribution in [0.1, 0.15) is 31.2 Å². The van der Waals surface area contributed by atoms with Crippen LogP contribution < -0.4 is 4.74 Å². The molecule has 2 aliphatic rings. The average molecular weight is 571 g/mol. The number of fused-ring (bicyclic) bond motifs is 2. The van der Waals surface area contributed by atoms with Crippen molar-refractivity contribution in [1.82, 2.24) is 4.98 Å². The Morgan fingerprint density at radius 1 is 1.04 bits per heavy atom. The number of para-hydroxylation sites is 1. The van der Waals surface area contributed by atoms with Gasteiger partial charge in [-0.3, -0.25) is 0 Å². The zero-order valence-electron chi connectivity index (χ0n) is 15.1. The van der Waals surface area contributed by atoms with E-state index in [-0.39, 0.29) is 26.8 Å². The van der Waals surface area contributed by atoms with Crippen LogP contribution in [0.15, 0.2) is 53.5 Å². The van der Waals surface area contributed by atoms with E-state index in [4.69, 9.17) is 9.73 Å². The van der Waals surface area contributed by atoms with Crippen molar-refractivity contribution < 1.29 is 30.9 Å². The van der Waals surface area contributed by atoms with Gasteiger partial charge >= 0.3 is 0 Å². The van der Waals surface area contributed by atoms with Gasteiger partial charge < -0.3 is 14.8 Å². The van der Waals surface area contributed by atoms with Gasteiger partial charge in [0.15, 0.2) is 0 Å². The number of aliphatic imine (C=N–C) groups is 1. The predicted molar refractivity (Wildman–Crippen MR) is 109 cm³/mol. The summed E-state index contributed by atoms with van der Waals surface area (Å²) in [6.45, 7) is 0. The maximum Gasteiger partial charge on any atom is 0.217 e. The summed E-state index contributed by atoms with van der Waals surface area (Å²) in [5.74, 6) is 1.19. The van der Waals surface area contributed by atoms with Gasteiger partial charge in [0.25, 0.3) is 0 Å². The number of benzene rings is 2. The summed E-state index contributed by atoms with van der Waals surface area (Å²) < 4.78 is 5.92. The number of ether oxygens (including phenoxy) is 1. The van der Waals surface area contributed by atoms with Crippen LogP contribution in [0.4, 0.5) is 0 Å². The number of aromatic nitrogens is 1. The van der Waals surface area contributed by atoms with Gasteiger partial charge in [0.05, 0.1) is 6.04 Å². The normalized spacial score (nSPS) is 20.9. The van der Waals surface area contributed by atoms with Crippen LogP contribution in [0.5, 0.6) is 17.4 Å². The zero-order chi connectivity index (χ0) is 18.2. The first kappa shape index (κ1) is 19.5. The Balaban J connectivity index is 0.00000192. The van der Waals surface area contributed by atoms with Crippen LogP contribution in [0.2, 0.25) is 0 Å². The molecule has 2 atom stereocenters. The third kappa shape index (κ3) is 3.83. The molecular formula is C22H19N2O2PtS-. The standard InChI is InChI=1S/C22H19N2O2S.Pt/c25-18-9-4-5-14-11-12-20(24-21(14)18)26-16-7-3-6-15(13-16)22-23-17-8-1-2-10-19(17)27-22;/h3-7,9,11-12,17,19,25H,1-2,8,10H2;/q-1;/t17-,19?;/m0./s1. The first-order valence-corrected chi connectivity index (χ1v) is 10.2. The van der Waals surface area contributed by atoms with Crippen LogP contribution >= 0.6 is 11.8 Å². The first-order valence-electron chi connectivity index (χ1n) is 9.30. The number of thioether (sulfide) groups is 1. The topological polar surface area (TPSA) is 54.7 Å². The summed E-state index contributed by atoms with van der Waals surface area (Å²) in [5, 5.41) is 12.6. The molecule has 0 bridgehead atoms. The molecular weight excluding hydrogens is 551 g/mol. The van der Waals surface area contributed by atoms with E-state index in [1.807, 2.05) is 42.1 Å². The van der Waals surface area contributed by atoms with Crippen LogP contribution in [-0.2, 0) is 21.1 Å². The molecule has 5 rings (SSSR count). The SMILES string of the molecule is Oc1cccc2ccc(Oc3[c-]c(C4=N[C@H]5CCCCC5S4)ccc3)nc12.[Pt]. The summed E-state index contributed by atoms with van der Waals surface area (Å²) in [6.07, 6.45) is 5.04. The number of phenolic OH excluding ortho intramolecular Hbond substituents is 1. The number of aromatic hydroxyl groups is 1. The Labute approximate surface area is 182 Å². The van der Waals surface area contributed by atoms with Crippen LogP contribution in [0.3, 0.4) is 0 Å². The molecule has 1 aliphatic carbocycles. The molecule has 4 nitrogen and oxygen atoms in total. The van der Waals surface area contributed by atoms with Crippen LogP contribution in [-0.4, -0.2) is 26.4 Å². The molecule has 1 fully saturated rings. The van der Waals surface area contributed by atoms with Crippen molar-refractivity contribution in [3.63, 3.8) is 0 Å². The molecule has 0 saturated heterocycles. The van der Waals surface area contributed by atoms with Crippen molar-refractivity contribution in [2.75, 3.05) is 0 Å². The van der Waals surface area contributed by atoms with E-state index in [1.54, 1.807) is 18.2 Å². The number of pyridine rings is 1. The molecule has 2 aromatic carbocycles. The van der Waals surface area contributed by atoms with E-state index in [9.17, 15) is 5.11 Å². The van der Waals surface area contributed by atoms with Crippen molar-refractivity contribution in [3.8, 4) is 17.4 Å². The number of nitrogens with zero attached hydrogens (tertiary/aromatic N) is 2. The molecule has 1 aromatic heterocycles. The number of hydrogen-bond acceptors (Lipinski definition) is 5. The van der Waals surface area contributed by atoms with Crippen LogP contribution in [0, 0.1) is 6.07 Å². The molecule has 28 heavy (non-hydrogen) atoms. The monoisotopic (exact) mass is 570 g/mol. The molecule has 3 aromatic rings. The van der Waals surface area contributed by atoms with E-state index in [0.29, 0.717) is 28.4 Å². The third-order valence-corrected chi connectivity index (χ3v) is 6.50. The second-order valence-corrected chi connectivity index (χ2v) is 8.20. The van der Waals surface area contributed by atoms with Gasteiger partial charge in [0, 0.05) is 48.6 Å². The molecule has 146 valence electrons. The van der Waals surface area contributed by atoms with Gasteiger partial charge in [-0.2, -0.15) is 11.8 Å². The second kappa shape index (κ2) is 8.26. The molecule has 1 aliphatic heterocycles. The Morgan fingerprint density at radius 2 is 1.89 bits per heavy atom. The maximum absolute atomic E-state index is 10.0. The fourth-order valence-electron chi connectivity index (χ4n) is 3.73. The minimum Gasteiger partial charge on any atom is -0.506 e. The summed E-state index contributed by atoms with van der Waals surface area (Å²) in [5.41, 5.74) is 1.52. The zero-order valence-corrected chi connectivity index (χ0v) is 18.2. The van der Waals surface area contributed by atoms with Crippen molar-refractivity contribution in [1.29, 1.82) is 0 Å². The summed E-state index contributed by atoms with van der Waals surface area (Å²) >= 11 is 1.88. The molecule has 1 saturated carbocycles. The molecule has 0 amide bonds. The Morgan fingerprint density at radius 3 is 2.79 bits per heavy atom. The molecule has 0 radical (unpaired) electrons. The minimum absolute atomic E-state index is 0. The Kier molecular flexibility index (Phi) is 5.75. The van der Waals surface area contributed by atoms with Crippen molar-refractivity contribution in [2.24, 2.45) is 4.99 Å². The fraction of sp³-hybridized carbons (Fsp3) is 0.273. The number of phenols is 1. The third-order valence-electron chi connectivity index (χ3n) is 5.10. The number of hydrogen-bond donors (Lipinski definition) is 1. The fourth-order valence-corrected chi connectivity index (χ4v) is 5.10. The van der Waals surface area contributed by atoms with Crippen molar-refractivity contribution in [2.45, 2.75) is 37.0 Å². The number of rotatable bonds is 3. The minimum atomic E-state index is 0. The Bertz CT molecular complexity index is 1040. The molecule has 6 heteroatoms.